The number of aliphatic hydroxyl groups is 3. The second-order valence-electron chi connectivity index (χ2n) is 14.6. The van der Waals surface area contributed by atoms with E-state index in [1.165, 1.54) is 37.0 Å². The van der Waals surface area contributed by atoms with Crippen molar-refractivity contribution in [3.63, 3.8) is 0 Å². The number of nitrogens with zero attached hydrogens (tertiary/aromatic N) is 6. The largest absolute Gasteiger partial charge is 0.462 e. The Kier molecular flexibility index (Phi) is 14.1. The van der Waals surface area contributed by atoms with Crippen LogP contribution in [0.1, 0.15) is 47.1 Å². The quantitative estimate of drug-likeness (QED) is 0.0541. The highest BCUT2D eigenvalue weighted by atomic mass is 35.5. The highest BCUT2D eigenvalue weighted by molar-refractivity contribution is 7.52. The van der Waals surface area contributed by atoms with Crippen LogP contribution in [0.15, 0.2) is 53.7 Å². The molecule has 0 spiro atoms. The first kappa shape index (κ1) is 46.5. The Bertz CT molecular complexity index is 2240. The molecule has 0 saturated carbocycles. The van der Waals surface area contributed by atoms with Crippen LogP contribution in [0.5, 0.6) is 5.75 Å². The lowest BCUT2D eigenvalue weighted by atomic mass is 9.90. The predicted octanol–water partition coefficient (Wildman–Crippen LogP) is 1.98. The summed E-state index contributed by atoms with van der Waals surface area (Å²) in [6, 6.07) is 8.34. The van der Waals surface area contributed by atoms with E-state index >= 15 is 4.39 Å². The lowest BCUT2D eigenvalue weighted by Crippen LogP contribution is -2.48. The van der Waals surface area contributed by atoms with Crippen LogP contribution in [0, 0.1) is 0 Å². The number of carbonyl (C=O) groups is 1. The Morgan fingerprint density at radius 3 is 2.37 bits per heavy atom. The summed E-state index contributed by atoms with van der Waals surface area (Å²) in [4.78, 5) is 40.0. The number of alkyl halides is 3. The van der Waals surface area contributed by atoms with Crippen LogP contribution in [0.3, 0.4) is 0 Å². The molecule has 0 aliphatic carbocycles. The lowest BCUT2D eigenvalue weighted by Gasteiger charge is -2.31. The van der Waals surface area contributed by atoms with Gasteiger partial charge in [0.15, 0.2) is 41.3 Å². The summed E-state index contributed by atoms with van der Waals surface area (Å²) in [5, 5.41) is 35.5. The van der Waals surface area contributed by atoms with E-state index in [4.69, 9.17) is 46.3 Å². The third-order valence-electron chi connectivity index (χ3n) is 9.54. The molecule has 0 bridgehead atoms. The molecule has 60 heavy (non-hydrogen) atoms. The van der Waals surface area contributed by atoms with Crippen molar-refractivity contribution in [2.75, 3.05) is 42.9 Å². The molecule has 25 heteroatoms. The number of nitrogen functional groups attached to an aromatic ring is 2. The Morgan fingerprint density at radius 1 is 1.10 bits per heavy atom. The van der Waals surface area contributed by atoms with Gasteiger partial charge in [0.1, 0.15) is 41.0 Å². The average Bonchev–Trinajstić information content (AvgIpc) is 3.78. The second kappa shape index (κ2) is 18.2. The zero-order valence-electron chi connectivity index (χ0n) is 33.3. The normalized spacial score (nSPS) is 29.1. The van der Waals surface area contributed by atoms with Gasteiger partial charge < -0.3 is 50.8 Å². The fourth-order valence-electron chi connectivity index (χ4n) is 6.37. The van der Waals surface area contributed by atoms with Gasteiger partial charge in [0.2, 0.25) is 5.95 Å². The summed E-state index contributed by atoms with van der Waals surface area (Å²) in [5.74, 6) is -0.591. The number of para-hydroxylation sites is 1. The second-order valence-corrected chi connectivity index (χ2v) is 16.6. The topological polar surface area (TPSA) is 296 Å². The minimum absolute atomic E-state index is 0.0130. The van der Waals surface area contributed by atoms with E-state index in [0.717, 1.165) is 11.5 Å². The summed E-state index contributed by atoms with van der Waals surface area (Å²) in [6.07, 6.45) is -6.09. The molecule has 2 saturated heterocycles. The van der Waals surface area contributed by atoms with Crippen LogP contribution in [0.4, 0.5) is 26.4 Å². The van der Waals surface area contributed by atoms with Crippen molar-refractivity contribution in [3.8, 4) is 5.75 Å². The Balaban J connectivity index is 0.000000299. The molecule has 1 aromatic carbocycles. The number of fused-ring (bicyclic) bond motifs is 1. The van der Waals surface area contributed by atoms with Crippen molar-refractivity contribution in [2.45, 2.75) is 94.5 Å². The van der Waals surface area contributed by atoms with E-state index in [1.807, 2.05) is 0 Å². The third-order valence-corrected chi connectivity index (χ3v) is 11.6. The van der Waals surface area contributed by atoms with Gasteiger partial charge in [-0.3, -0.25) is 18.5 Å². The van der Waals surface area contributed by atoms with E-state index < -0.39 is 92.5 Å². The van der Waals surface area contributed by atoms with Crippen LogP contribution < -0.4 is 32.1 Å². The number of rotatable bonds is 14. The molecular formula is C35H48ClF2N10O11P. The number of anilines is 3. The minimum atomic E-state index is -4.32. The van der Waals surface area contributed by atoms with Crippen LogP contribution in [-0.4, -0.2) is 124 Å². The maximum absolute atomic E-state index is 16.2. The van der Waals surface area contributed by atoms with Crippen molar-refractivity contribution < 1.29 is 56.7 Å². The summed E-state index contributed by atoms with van der Waals surface area (Å²) >= 11 is 5.61. The number of aliphatic hydroxyl groups excluding tert-OH is 3. The lowest BCUT2D eigenvalue weighted by molar-refractivity contribution is -0.149. The van der Waals surface area contributed by atoms with Gasteiger partial charge in [0.05, 0.1) is 31.5 Å². The molecule has 4 aromatic rings. The molecule has 6 rings (SSSR count). The number of imidazole rings is 1. The van der Waals surface area contributed by atoms with Gasteiger partial charge in [-0.15, -0.1) is 11.6 Å². The monoisotopic (exact) mass is 888 g/mol. The van der Waals surface area contributed by atoms with Crippen LogP contribution in [0.2, 0.25) is 0 Å². The third kappa shape index (κ3) is 9.48. The Morgan fingerprint density at radius 2 is 1.78 bits per heavy atom. The number of ether oxygens (including phenoxy) is 3. The summed E-state index contributed by atoms with van der Waals surface area (Å²) in [7, 11) is -2.70. The fourth-order valence-corrected chi connectivity index (χ4v) is 8.26. The van der Waals surface area contributed by atoms with E-state index in [-0.39, 0.29) is 29.0 Å². The van der Waals surface area contributed by atoms with Crippen LogP contribution >= 0.6 is 19.3 Å². The van der Waals surface area contributed by atoms with E-state index in [9.17, 15) is 33.9 Å². The molecule has 10 atom stereocenters. The Hall–Kier alpha value is -4.58. The zero-order valence-corrected chi connectivity index (χ0v) is 35.0. The Labute approximate surface area is 346 Å². The van der Waals surface area contributed by atoms with Gasteiger partial charge in [-0.2, -0.15) is 20.0 Å². The number of nitrogens with two attached hydrogens (primary N) is 2. The summed E-state index contributed by atoms with van der Waals surface area (Å²) in [6.45, 7) is 6.07. The van der Waals surface area contributed by atoms with Crippen molar-refractivity contribution in [1.29, 1.82) is 0 Å². The molecule has 2 aliphatic rings. The highest BCUT2D eigenvalue weighted by Crippen LogP contribution is 2.51. The number of hydrogen-bond acceptors (Lipinski definition) is 18. The number of hydrogen-bond donors (Lipinski definition) is 7. The fraction of sp³-hybridized carbons (Fsp3) is 0.543. The minimum Gasteiger partial charge on any atom is -0.462 e. The van der Waals surface area contributed by atoms with E-state index in [0.29, 0.717) is 11.3 Å². The maximum atomic E-state index is 16.2. The number of carbonyl (C=O) groups excluding carboxylic acids is 1. The molecule has 2 aliphatic heterocycles. The van der Waals surface area contributed by atoms with E-state index in [2.05, 4.69) is 30.3 Å². The first-order valence-corrected chi connectivity index (χ1v) is 20.4. The molecule has 0 radical (unpaired) electrons. The molecule has 0 unspecified atom stereocenters. The molecule has 2 fully saturated rings. The molecule has 330 valence electrons. The van der Waals surface area contributed by atoms with Crippen LogP contribution in [-0.2, 0) is 28.1 Å². The van der Waals surface area contributed by atoms with Crippen molar-refractivity contribution in [1.82, 2.24) is 34.2 Å². The van der Waals surface area contributed by atoms with Crippen molar-refractivity contribution >= 4 is 54.1 Å². The smallest absolute Gasteiger partial charge is 0.459 e. The first-order chi connectivity index (χ1) is 28.1. The maximum Gasteiger partial charge on any atom is 0.459 e. The van der Waals surface area contributed by atoms with Gasteiger partial charge in [0.25, 0.3) is 0 Å². The number of esters is 1. The van der Waals surface area contributed by atoms with Crippen molar-refractivity contribution in [2.24, 2.45) is 0 Å². The van der Waals surface area contributed by atoms with E-state index in [1.54, 1.807) is 51.2 Å². The molecule has 5 heterocycles. The summed E-state index contributed by atoms with van der Waals surface area (Å²) < 4.78 is 74.1. The van der Waals surface area contributed by atoms with Gasteiger partial charge in [-0.05, 0) is 52.8 Å². The van der Waals surface area contributed by atoms with Crippen molar-refractivity contribution in [3.05, 3.63) is 59.4 Å². The number of benzene rings is 1. The molecule has 9 N–H and O–H groups in total. The van der Waals surface area contributed by atoms with Gasteiger partial charge in [0, 0.05) is 13.2 Å². The van der Waals surface area contributed by atoms with Gasteiger partial charge in [-0.25, -0.2) is 23.1 Å². The van der Waals surface area contributed by atoms with Gasteiger partial charge in [-0.1, -0.05) is 18.2 Å². The highest BCUT2D eigenvalue weighted by Gasteiger charge is 2.62. The zero-order chi connectivity index (χ0) is 44.4. The molecule has 21 nitrogen and oxygen atoms in total. The standard InChI is InChI=1S/C25H35FN7O7P.C10H13ClFN3O4/c1-14(2)38-20(34)15(3)32-41(36,40-16-10-8-7-9-11-16)37-12-24(4)21(35)25(5,26)22(39-24)33-13-29-17-18(28-6)30-23(27)31-19(17)33;11-3-10(4-16)7(17)6(12)8(19-10)15-2-1-5(13)14-9(15)18/h7-11,13-15,21-22,35H,12H2,1-6H3,(H,32,36)(H3,27,28,30,31);1-2,6-8,16-17H,3-4H2,(H2,13,14,18)/t15-,21+,22+,24+,25+,41-;6-,7+,8-,10-/m01/s1. The first-order valence-electron chi connectivity index (χ1n) is 18.4. The number of nitrogens with one attached hydrogen (secondary N) is 2. The molecule has 3 aromatic heterocycles. The SMILES string of the molecule is CNc1nc(N)nc2c1ncn2[C@@H]1O[C@](C)(CO[P@@](=O)(N[C@@H](C)C(=O)OC(C)C)Oc2ccccc2)[C@@H](O)[C@@]1(C)F.Nc1ccn([C@@H]2O[C@@](CO)(CCl)[C@@H](O)[C@H]2F)c(=O)n1. The predicted molar refractivity (Wildman–Crippen MR) is 212 cm³/mol. The van der Waals surface area contributed by atoms with Crippen LogP contribution in [0.25, 0.3) is 11.2 Å². The average molecular weight is 889 g/mol. The van der Waals surface area contributed by atoms with Gasteiger partial charge >= 0.3 is 19.4 Å². The number of aromatic nitrogens is 6. The molecule has 0 amide bonds. The number of halogens is 3. The summed E-state index contributed by atoms with van der Waals surface area (Å²) in [5.41, 5.74) is 5.04. The molecular weight excluding hydrogens is 841 g/mol.